The Morgan fingerprint density at radius 1 is 0.654 bits per heavy atom. The third kappa shape index (κ3) is 32.8. The molecule has 0 bridgehead atoms. The lowest BCUT2D eigenvalue weighted by atomic mass is 10.0. The molecule has 1 saturated heterocycles. The summed E-state index contributed by atoms with van der Waals surface area (Å²) in [6.45, 7) is 5.94. The summed E-state index contributed by atoms with van der Waals surface area (Å²) < 4.78 is 32.1. The number of rotatable bonds is 36. The van der Waals surface area contributed by atoms with Crippen LogP contribution in [0.15, 0.2) is 36.5 Å². The van der Waals surface area contributed by atoms with Crippen molar-refractivity contribution in [3.63, 3.8) is 0 Å². The third-order valence-electron chi connectivity index (χ3n) is 9.24. The summed E-state index contributed by atoms with van der Waals surface area (Å²) in [4.78, 5) is 42.8. The Hall–Kier alpha value is -1.77. The predicted octanol–water partition coefficient (Wildman–Crippen LogP) is 11.4. The van der Waals surface area contributed by atoms with Gasteiger partial charge in [-0.1, -0.05) is 154 Å². The molecule has 0 aromatic heterocycles. The molecule has 0 saturated carbocycles. The molecule has 3 atom stereocenters. The lowest BCUT2D eigenvalue weighted by Crippen LogP contribution is -2.29. The van der Waals surface area contributed by atoms with Gasteiger partial charge in [-0.25, -0.2) is 4.57 Å². The van der Waals surface area contributed by atoms with Crippen LogP contribution in [0.25, 0.3) is 0 Å². The lowest BCUT2D eigenvalue weighted by Gasteiger charge is -2.18. The fraction of sp³-hybridized carbons (Fsp3) is 0.810. The molecule has 9 nitrogen and oxygen atoms in total. The standard InChI is InChI=1S/C42H75O9P/c1-4-5-6-7-21-26-31-39-40(51-39)32-27-22-17-15-19-24-29-34-42(44)50-38(36-49-52(45,46)47)35-48-41(43)33-28-23-18-14-12-10-8-9-11-13-16-20-25-30-37(2)3/h15,19,21-22,26-27,37-40H,4-14,16-18,20,23-25,28-36H2,1-3H3,(H2,45,46,47)/b19-15-,26-21-,27-22-/t38-,39?,40?/m1/s1. The first-order valence-corrected chi connectivity index (χ1v) is 22.3. The van der Waals surface area contributed by atoms with Crippen LogP contribution in [0.1, 0.15) is 181 Å². The quantitative estimate of drug-likeness (QED) is 0.0211. The molecule has 1 rings (SSSR count). The Labute approximate surface area is 317 Å². The van der Waals surface area contributed by atoms with Crippen LogP contribution in [0, 0.1) is 5.92 Å². The highest BCUT2D eigenvalue weighted by atomic mass is 31.2. The molecule has 2 N–H and O–H groups in total. The van der Waals surface area contributed by atoms with Crippen molar-refractivity contribution in [3.8, 4) is 0 Å². The molecule has 2 unspecified atom stereocenters. The van der Waals surface area contributed by atoms with E-state index < -0.39 is 32.5 Å². The van der Waals surface area contributed by atoms with E-state index in [1.54, 1.807) is 0 Å². The van der Waals surface area contributed by atoms with Gasteiger partial charge in [-0.2, -0.15) is 0 Å². The van der Waals surface area contributed by atoms with Crippen LogP contribution in [0.4, 0.5) is 0 Å². The van der Waals surface area contributed by atoms with Crippen LogP contribution < -0.4 is 0 Å². The van der Waals surface area contributed by atoms with Crippen LogP contribution in [0.2, 0.25) is 0 Å². The summed E-state index contributed by atoms with van der Waals surface area (Å²) in [6, 6.07) is 0. The number of carbonyl (C=O) groups excluding carboxylic acids is 2. The molecule has 1 fully saturated rings. The number of allylic oxidation sites excluding steroid dienone is 4. The first kappa shape index (κ1) is 48.2. The lowest BCUT2D eigenvalue weighted by molar-refractivity contribution is -0.161. The van der Waals surface area contributed by atoms with E-state index in [0.717, 1.165) is 50.9 Å². The number of carbonyl (C=O) groups is 2. The van der Waals surface area contributed by atoms with Gasteiger partial charge in [-0.05, 0) is 57.3 Å². The van der Waals surface area contributed by atoms with Gasteiger partial charge in [0, 0.05) is 12.8 Å². The molecule has 1 aliphatic heterocycles. The number of epoxide rings is 1. The van der Waals surface area contributed by atoms with Gasteiger partial charge in [0.05, 0.1) is 18.8 Å². The van der Waals surface area contributed by atoms with E-state index in [-0.39, 0.29) is 19.4 Å². The Kier molecular flexibility index (Phi) is 30.3. The number of phosphoric ester groups is 1. The molecule has 0 amide bonds. The Balaban J connectivity index is 2.10. The van der Waals surface area contributed by atoms with Crippen molar-refractivity contribution in [1.29, 1.82) is 0 Å². The topological polar surface area (TPSA) is 132 Å². The fourth-order valence-electron chi connectivity index (χ4n) is 6.00. The van der Waals surface area contributed by atoms with Gasteiger partial charge in [0.25, 0.3) is 0 Å². The molecular formula is C42H75O9P. The molecule has 1 aliphatic rings. The van der Waals surface area contributed by atoms with Gasteiger partial charge < -0.3 is 24.0 Å². The average Bonchev–Trinajstić information content (AvgIpc) is 3.85. The van der Waals surface area contributed by atoms with E-state index in [4.69, 9.17) is 24.0 Å². The second kappa shape index (κ2) is 32.6. The van der Waals surface area contributed by atoms with Crippen LogP contribution >= 0.6 is 7.82 Å². The molecule has 0 spiro atoms. The number of ether oxygens (including phenoxy) is 3. The van der Waals surface area contributed by atoms with Gasteiger partial charge in [0.1, 0.15) is 6.61 Å². The van der Waals surface area contributed by atoms with E-state index in [0.29, 0.717) is 25.0 Å². The van der Waals surface area contributed by atoms with E-state index >= 15 is 0 Å². The van der Waals surface area contributed by atoms with Crippen molar-refractivity contribution in [2.24, 2.45) is 5.92 Å². The number of phosphoric acid groups is 1. The molecule has 0 aromatic rings. The number of hydrogen-bond acceptors (Lipinski definition) is 7. The monoisotopic (exact) mass is 755 g/mol. The van der Waals surface area contributed by atoms with E-state index in [1.807, 2.05) is 6.08 Å². The summed E-state index contributed by atoms with van der Waals surface area (Å²) in [5.74, 6) is -0.131. The minimum absolute atomic E-state index is 0.132. The van der Waals surface area contributed by atoms with Gasteiger partial charge in [-0.3, -0.25) is 14.1 Å². The Morgan fingerprint density at radius 3 is 1.77 bits per heavy atom. The van der Waals surface area contributed by atoms with Crippen LogP contribution in [0.3, 0.4) is 0 Å². The smallest absolute Gasteiger partial charge is 0.462 e. The second-order valence-corrected chi connectivity index (χ2v) is 16.1. The Morgan fingerprint density at radius 2 is 1.17 bits per heavy atom. The van der Waals surface area contributed by atoms with Crippen molar-refractivity contribution in [2.75, 3.05) is 13.2 Å². The molecule has 302 valence electrons. The highest BCUT2D eigenvalue weighted by Crippen LogP contribution is 2.36. The number of unbranched alkanes of at least 4 members (excludes halogenated alkanes) is 16. The molecule has 1 heterocycles. The maximum Gasteiger partial charge on any atom is 0.469 e. The van der Waals surface area contributed by atoms with Crippen LogP contribution in [-0.2, 0) is 32.9 Å². The minimum atomic E-state index is -4.77. The van der Waals surface area contributed by atoms with Gasteiger partial charge >= 0.3 is 19.8 Å². The van der Waals surface area contributed by atoms with Gasteiger partial charge in [0.2, 0.25) is 0 Å². The van der Waals surface area contributed by atoms with Crippen LogP contribution in [-0.4, -0.2) is 53.3 Å². The summed E-state index contributed by atoms with van der Waals surface area (Å²) in [7, 11) is -4.77. The summed E-state index contributed by atoms with van der Waals surface area (Å²) in [6.07, 6.45) is 39.0. The zero-order chi connectivity index (χ0) is 38.1. The first-order valence-electron chi connectivity index (χ1n) is 20.8. The molecule has 0 aliphatic carbocycles. The van der Waals surface area contributed by atoms with E-state index in [9.17, 15) is 14.2 Å². The van der Waals surface area contributed by atoms with Crippen molar-refractivity contribution < 1.29 is 42.7 Å². The van der Waals surface area contributed by atoms with Crippen LogP contribution in [0.5, 0.6) is 0 Å². The highest BCUT2D eigenvalue weighted by Gasteiger charge is 2.36. The number of esters is 2. The zero-order valence-corrected chi connectivity index (χ0v) is 34.0. The van der Waals surface area contributed by atoms with Gasteiger partial charge in [0.15, 0.2) is 6.10 Å². The minimum Gasteiger partial charge on any atom is -0.462 e. The normalized spacial score (nSPS) is 16.8. The summed E-state index contributed by atoms with van der Waals surface area (Å²) in [5.41, 5.74) is 0. The van der Waals surface area contributed by atoms with Crippen molar-refractivity contribution >= 4 is 19.8 Å². The molecule has 10 heteroatoms. The SMILES string of the molecule is CCCCC/C=C\CC1OC1C/C=C\C/C=C\CCCC(=O)O[C@H](COC(=O)CCCCCCCCCCCCCCCC(C)C)COP(=O)(O)O. The average molecular weight is 755 g/mol. The third-order valence-corrected chi connectivity index (χ3v) is 9.73. The van der Waals surface area contributed by atoms with Crippen molar-refractivity contribution in [3.05, 3.63) is 36.5 Å². The molecule has 52 heavy (non-hydrogen) atoms. The largest absolute Gasteiger partial charge is 0.469 e. The first-order chi connectivity index (χ1) is 25.1. The molecule has 0 aromatic carbocycles. The zero-order valence-electron chi connectivity index (χ0n) is 33.1. The molecular weight excluding hydrogens is 679 g/mol. The highest BCUT2D eigenvalue weighted by molar-refractivity contribution is 7.46. The summed E-state index contributed by atoms with van der Waals surface area (Å²) in [5, 5.41) is 0. The maximum atomic E-state index is 12.4. The fourth-order valence-corrected chi connectivity index (χ4v) is 6.36. The second-order valence-electron chi connectivity index (χ2n) is 14.8. The van der Waals surface area contributed by atoms with Crippen molar-refractivity contribution in [1.82, 2.24) is 0 Å². The van der Waals surface area contributed by atoms with Crippen molar-refractivity contribution in [2.45, 2.75) is 200 Å². The summed E-state index contributed by atoms with van der Waals surface area (Å²) >= 11 is 0. The number of hydrogen-bond donors (Lipinski definition) is 2. The van der Waals surface area contributed by atoms with E-state index in [1.165, 1.54) is 89.9 Å². The van der Waals surface area contributed by atoms with E-state index in [2.05, 4.69) is 55.7 Å². The maximum absolute atomic E-state index is 12.4. The molecule has 0 radical (unpaired) electrons. The Bertz CT molecular complexity index is 1020. The predicted molar refractivity (Wildman–Crippen MR) is 211 cm³/mol. The van der Waals surface area contributed by atoms with Gasteiger partial charge in [-0.15, -0.1) is 0 Å².